The van der Waals surface area contributed by atoms with Crippen LogP contribution in [-0.4, -0.2) is 43.0 Å². The van der Waals surface area contributed by atoms with Crippen molar-refractivity contribution >= 4 is 28.4 Å². The van der Waals surface area contributed by atoms with E-state index in [1.54, 1.807) is 38.3 Å². The second kappa shape index (κ2) is 8.59. The SMILES string of the molecule is COc1ccc([C@H]2[C@@H](C(=O)Nc3ccc4cc[nH]c4c3)c3ccccc3C(=O)N2C)cc1OC. The lowest BCUT2D eigenvalue weighted by molar-refractivity contribution is -0.119. The number of likely N-dealkylation sites (N-methyl/N-ethyl adjacent to an activating group) is 1. The Labute approximate surface area is 197 Å². The third kappa shape index (κ3) is 3.55. The number of nitrogens with one attached hydrogen (secondary N) is 2. The number of H-pyrrole nitrogens is 1. The molecule has 0 saturated heterocycles. The Balaban J connectivity index is 1.60. The molecule has 7 nitrogen and oxygen atoms in total. The molecule has 4 aromatic rings. The van der Waals surface area contributed by atoms with Crippen LogP contribution in [0.4, 0.5) is 5.69 Å². The molecule has 5 rings (SSSR count). The van der Waals surface area contributed by atoms with Crippen molar-refractivity contribution in [2.45, 2.75) is 12.0 Å². The van der Waals surface area contributed by atoms with Gasteiger partial charge in [0.25, 0.3) is 5.91 Å². The quantitative estimate of drug-likeness (QED) is 0.456. The molecule has 1 aliphatic heterocycles. The molecule has 3 aromatic carbocycles. The van der Waals surface area contributed by atoms with Crippen molar-refractivity contribution in [3.8, 4) is 11.5 Å². The van der Waals surface area contributed by atoms with Crippen LogP contribution in [0, 0.1) is 0 Å². The number of rotatable bonds is 5. The number of ether oxygens (including phenoxy) is 2. The van der Waals surface area contributed by atoms with Crippen LogP contribution in [0.1, 0.15) is 33.4 Å². The molecule has 2 N–H and O–H groups in total. The Morgan fingerprint density at radius 2 is 1.76 bits per heavy atom. The summed E-state index contributed by atoms with van der Waals surface area (Å²) in [7, 11) is 4.86. The molecule has 0 bridgehead atoms. The molecule has 0 radical (unpaired) electrons. The summed E-state index contributed by atoms with van der Waals surface area (Å²) in [6.07, 6.45) is 1.86. The largest absolute Gasteiger partial charge is 0.493 e. The summed E-state index contributed by atoms with van der Waals surface area (Å²) in [4.78, 5) is 31.9. The van der Waals surface area contributed by atoms with Gasteiger partial charge >= 0.3 is 0 Å². The minimum Gasteiger partial charge on any atom is -0.493 e. The second-order valence-electron chi connectivity index (χ2n) is 8.31. The number of hydrogen-bond donors (Lipinski definition) is 2. The summed E-state index contributed by atoms with van der Waals surface area (Å²) in [6, 6.07) is 20.0. The van der Waals surface area contributed by atoms with Crippen LogP contribution in [-0.2, 0) is 4.79 Å². The van der Waals surface area contributed by atoms with Gasteiger partial charge in [0.1, 0.15) is 0 Å². The van der Waals surface area contributed by atoms with Crippen molar-refractivity contribution in [1.29, 1.82) is 0 Å². The number of carbonyl (C=O) groups excluding carboxylic acids is 2. The van der Waals surface area contributed by atoms with Crippen molar-refractivity contribution in [2.24, 2.45) is 0 Å². The molecule has 7 heteroatoms. The fourth-order valence-corrected chi connectivity index (χ4v) is 4.76. The first-order chi connectivity index (χ1) is 16.5. The summed E-state index contributed by atoms with van der Waals surface area (Å²) >= 11 is 0. The van der Waals surface area contributed by atoms with E-state index in [0.29, 0.717) is 28.3 Å². The van der Waals surface area contributed by atoms with E-state index in [1.165, 1.54) is 0 Å². The number of amides is 2. The van der Waals surface area contributed by atoms with Gasteiger partial charge in [-0.25, -0.2) is 0 Å². The lowest BCUT2D eigenvalue weighted by Crippen LogP contribution is -2.44. The Bertz CT molecular complexity index is 1390. The molecular weight excluding hydrogens is 430 g/mol. The van der Waals surface area contributed by atoms with Crippen LogP contribution in [0.25, 0.3) is 10.9 Å². The number of anilines is 1. The fraction of sp³-hybridized carbons (Fsp3) is 0.185. The average molecular weight is 456 g/mol. The summed E-state index contributed by atoms with van der Waals surface area (Å²) in [5.41, 5.74) is 3.63. The molecule has 0 spiro atoms. The summed E-state index contributed by atoms with van der Waals surface area (Å²) in [5, 5.41) is 4.13. The highest BCUT2D eigenvalue weighted by Crippen LogP contribution is 2.44. The topological polar surface area (TPSA) is 83.7 Å². The van der Waals surface area contributed by atoms with Gasteiger partial charge in [0.2, 0.25) is 5.91 Å². The van der Waals surface area contributed by atoms with E-state index >= 15 is 0 Å². The summed E-state index contributed by atoms with van der Waals surface area (Å²) in [6.45, 7) is 0. The van der Waals surface area contributed by atoms with Gasteiger partial charge in [0.15, 0.2) is 11.5 Å². The zero-order valence-corrected chi connectivity index (χ0v) is 19.2. The molecule has 2 heterocycles. The first-order valence-corrected chi connectivity index (χ1v) is 11.0. The van der Waals surface area contributed by atoms with Gasteiger partial charge in [-0.1, -0.05) is 30.3 Å². The normalized spacial score (nSPS) is 17.4. The minimum absolute atomic E-state index is 0.132. The van der Waals surface area contributed by atoms with Gasteiger partial charge in [-0.3, -0.25) is 9.59 Å². The van der Waals surface area contributed by atoms with Gasteiger partial charge in [0, 0.05) is 30.0 Å². The first kappa shape index (κ1) is 21.6. The monoisotopic (exact) mass is 455 g/mol. The van der Waals surface area contributed by atoms with Crippen LogP contribution >= 0.6 is 0 Å². The van der Waals surface area contributed by atoms with Crippen LogP contribution in [0.3, 0.4) is 0 Å². The van der Waals surface area contributed by atoms with Gasteiger partial charge in [-0.15, -0.1) is 0 Å². The minimum atomic E-state index is -0.628. The predicted molar refractivity (Wildman–Crippen MR) is 130 cm³/mol. The van der Waals surface area contributed by atoms with Crippen molar-refractivity contribution in [1.82, 2.24) is 9.88 Å². The lowest BCUT2D eigenvalue weighted by atomic mass is 9.79. The third-order valence-corrected chi connectivity index (χ3v) is 6.43. The lowest BCUT2D eigenvalue weighted by Gasteiger charge is -2.40. The smallest absolute Gasteiger partial charge is 0.254 e. The molecule has 34 heavy (non-hydrogen) atoms. The molecule has 2 amide bonds. The predicted octanol–water partition coefficient (Wildman–Crippen LogP) is 4.73. The van der Waals surface area contributed by atoms with Crippen molar-refractivity contribution < 1.29 is 19.1 Å². The van der Waals surface area contributed by atoms with E-state index in [0.717, 1.165) is 16.5 Å². The molecule has 1 aliphatic rings. The van der Waals surface area contributed by atoms with E-state index in [-0.39, 0.29) is 11.8 Å². The van der Waals surface area contributed by atoms with Crippen LogP contribution in [0.5, 0.6) is 11.5 Å². The second-order valence-corrected chi connectivity index (χ2v) is 8.31. The van der Waals surface area contributed by atoms with E-state index in [1.807, 2.05) is 60.8 Å². The molecule has 0 unspecified atom stereocenters. The highest BCUT2D eigenvalue weighted by atomic mass is 16.5. The number of fused-ring (bicyclic) bond motifs is 2. The zero-order chi connectivity index (χ0) is 23.8. The Kier molecular flexibility index (Phi) is 5.45. The maximum Gasteiger partial charge on any atom is 0.254 e. The number of methoxy groups -OCH3 is 2. The molecule has 0 aliphatic carbocycles. The maximum absolute atomic E-state index is 13.8. The van der Waals surface area contributed by atoms with E-state index in [4.69, 9.17) is 9.47 Å². The maximum atomic E-state index is 13.8. The first-order valence-electron chi connectivity index (χ1n) is 11.0. The van der Waals surface area contributed by atoms with Crippen LogP contribution in [0.2, 0.25) is 0 Å². The number of aromatic nitrogens is 1. The van der Waals surface area contributed by atoms with Crippen LogP contribution < -0.4 is 14.8 Å². The average Bonchev–Trinajstić information content (AvgIpc) is 3.33. The summed E-state index contributed by atoms with van der Waals surface area (Å²) < 4.78 is 10.9. The standard InChI is InChI=1S/C27H25N3O4/c1-30-25(17-9-11-22(33-2)23(14-17)34-3)24(19-6-4-5-7-20(19)27(30)32)26(31)29-18-10-8-16-12-13-28-21(16)15-18/h4-15,24-25,28H,1-3H3,(H,29,31)/t24-,25-/m0/s1. The third-order valence-electron chi connectivity index (χ3n) is 6.43. The van der Waals surface area contributed by atoms with Crippen molar-refractivity contribution in [2.75, 3.05) is 26.6 Å². The highest BCUT2D eigenvalue weighted by Gasteiger charge is 2.42. The van der Waals surface area contributed by atoms with E-state index < -0.39 is 12.0 Å². The summed E-state index contributed by atoms with van der Waals surface area (Å²) in [5.74, 6) is 0.161. The molecule has 1 aromatic heterocycles. The van der Waals surface area contributed by atoms with Gasteiger partial charge in [-0.05, 0) is 52.9 Å². The number of benzene rings is 3. The molecule has 0 fully saturated rings. The van der Waals surface area contributed by atoms with E-state index in [2.05, 4.69) is 10.3 Å². The van der Waals surface area contributed by atoms with Crippen molar-refractivity contribution in [3.05, 3.63) is 89.6 Å². The van der Waals surface area contributed by atoms with Crippen LogP contribution in [0.15, 0.2) is 72.9 Å². The number of aromatic amines is 1. The van der Waals surface area contributed by atoms with E-state index in [9.17, 15) is 9.59 Å². The van der Waals surface area contributed by atoms with Crippen molar-refractivity contribution in [3.63, 3.8) is 0 Å². The molecule has 172 valence electrons. The Morgan fingerprint density at radius 3 is 2.56 bits per heavy atom. The fourth-order valence-electron chi connectivity index (χ4n) is 4.76. The highest BCUT2D eigenvalue weighted by molar-refractivity contribution is 6.04. The Hall–Kier alpha value is -4.26. The number of carbonyl (C=O) groups is 2. The number of nitrogens with zero attached hydrogens (tertiary/aromatic N) is 1. The number of hydrogen-bond acceptors (Lipinski definition) is 4. The van der Waals surface area contributed by atoms with Gasteiger partial charge in [-0.2, -0.15) is 0 Å². The molecule has 0 saturated carbocycles. The van der Waals surface area contributed by atoms with Gasteiger partial charge < -0.3 is 24.7 Å². The Morgan fingerprint density at radius 1 is 0.971 bits per heavy atom. The van der Waals surface area contributed by atoms with Gasteiger partial charge in [0.05, 0.1) is 26.2 Å². The zero-order valence-electron chi connectivity index (χ0n) is 19.2. The molecule has 2 atom stereocenters. The molecular formula is C27H25N3O4.